The molecule has 2 aromatic rings. The monoisotopic (exact) mass is 309 g/mol. The van der Waals surface area contributed by atoms with Crippen molar-refractivity contribution in [2.75, 3.05) is 5.32 Å². The molecule has 0 radical (unpaired) electrons. The largest absolute Gasteiger partial charge is 0.508 e. The number of alkyl halides is 3. The fourth-order valence-corrected chi connectivity index (χ4v) is 2.16. The molecule has 1 atom stereocenters. The lowest BCUT2D eigenvalue weighted by molar-refractivity contribution is -0.137. The Labute approximate surface area is 123 Å². The maximum Gasteiger partial charge on any atom is 0.416 e. The van der Waals surface area contributed by atoms with Crippen molar-refractivity contribution in [3.8, 4) is 5.75 Å². The van der Waals surface area contributed by atoms with Gasteiger partial charge in [-0.1, -0.05) is 0 Å². The van der Waals surface area contributed by atoms with Crippen molar-refractivity contribution in [2.24, 2.45) is 0 Å². The van der Waals surface area contributed by atoms with E-state index in [0.717, 1.165) is 12.1 Å². The van der Waals surface area contributed by atoms with Gasteiger partial charge in [0.1, 0.15) is 5.75 Å². The summed E-state index contributed by atoms with van der Waals surface area (Å²) in [5.41, 5.74) is -0.239. The third-order valence-electron chi connectivity index (χ3n) is 3.27. The van der Waals surface area contributed by atoms with E-state index in [1.165, 1.54) is 18.2 Å². The van der Waals surface area contributed by atoms with Crippen LogP contribution in [0.1, 0.15) is 27.7 Å². The van der Waals surface area contributed by atoms with E-state index in [1.54, 1.807) is 12.1 Å². The Balaban J connectivity index is 1.93. The highest BCUT2D eigenvalue weighted by molar-refractivity contribution is 5.97. The average Bonchev–Trinajstić information content (AvgIpc) is 2.46. The second-order valence-electron chi connectivity index (χ2n) is 4.78. The number of ether oxygens (including phenoxy) is 1. The van der Waals surface area contributed by atoms with Crippen LogP contribution in [0.15, 0.2) is 42.5 Å². The Morgan fingerprint density at radius 2 is 1.77 bits per heavy atom. The number of phenols is 1. The van der Waals surface area contributed by atoms with E-state index in [9.17, 15) is 23.1 Å². The molecule has 0 aromatic heterocycles. The van der Waals surface area contributed by atoms with Gasteiger partial charge >= 0.3 is 12.1 Å². The number of phenolic OH excluding ortho intramolecular Hbond substituents is 1. The average molecular weight is 309 g/mol. The number of hydrogen-bond donors (Lipinski definition) is 2. The summed E-state index contributed by atoms with van der Waals surface area (Å²) >= 11 is 0. The van der Waals surface area contributed by atoms with Crippen LogP contribution in [-0.2, 0) is 10.9 Å². The van der Waals surface area contributed by atoms with Gasteiger partial charge in [-0.05, 0) is 42.5 Å². The summed E-state index contributed by atoms with van der Waals surface area (Å²) in [6, 6.07) is 8.81. The minimum atomic E-state index is -4.52. The summed E-state index contributed by atoms with van der Waals surface area (Å²) in [7, 11) is 0. The Hall–Kier alpha value is -2.70. The zero-order valence-electron chi connectivity index (χ0n) is 11.0. The van der Waals surface area contributed by atoms with Crippen molar-refractivity contribution in [1.82, 2.24) is 0 Å². The van der Waals surface area contributed by atoms with Crippen molar-refractivity contribution in [3.05, 3.63) is 59.2 Å². The summed E-state index contributed by atoms with van der Waals surface area (Å²) in [5, 5.41) is 12.1. The smallest absolute Gasteiger partial charge is 0.416 e. The van der Waals surface area contributed by atoms with Crippen LogP contribution >= 0.6 is 0 Å². The van der Waals surface area contributed by atoms with Gasteiger partial charge in [-0.15, -0.1) is 0 Å². The normalized spacial score (nSPS) is 17.4. The van der Waals surface area contributed by atoms with E-state index in [1.807, 2.05) is 0 Å². The van der Waals surface area contributed by atoms with Crippen LogP contribution in [-0.4, -0.2) is 11.1 Å². The lowest BCUT2D eigenvalue weighted by Crippen LogP contribution is -2.26. The Kier molecular flexibility index (Phi) is 3.20. The number of rotatable bonds is 1. The predicted molar refractivity (Wildman–Crippen MR) is 71.3 cm³/mol. The Morgan fingerprint density at radius 3 is 2.41 bits per heavy atom. The number of benzene rings is 2. The molecular weight excluding hydrogens is 299 g/mol. The first-order valence-corrected chi connectivity index (χ1v) is 6.32. The van der Waals surface area contributed by atoms with Gasteiger partial charge in [-0.2, -0.15) is 13.2 Å². The predicted octanol–water partition coefficient (Wildman–Crippen LogP) is 3.69. The molecule has 1 aliphatic rings. The first kappa shape index (κ1) is 14.2. The lowest BCUT2D eigenvalue weighted by atomic mass is 10.1. The van der Waals surface area contributed by atoms with Crippen LogP contribution in [0.2, 0.25) is 0 Å². The highest BCUT2D eigenvalue weighted by Gasteiger charge is 2.34. The summed E-state index contributed by atoms with van der Waals surface area (Å²) in [6.45, 7) is 0. The number of nitrogens with one attached hydrogen (secondary N) is 1. The van der Waals surface area contributed by atoms with E-state index < -0.39 is 23.9 Å². The molecule has 7 heteroatoms. The van der Waals surface area contributed by atoms with Crippen LogP contribution in [0.25, 0.3) is 0 Å². The van der Waals surface area contributed by atoms with Gasteiger partial charge in [0.2, 0.25) is 0 Å². The fraction of sp³-hybridized carbons (Fsp3) is 0.133. The van der Waals surface area contributed by atoms with Gasteiger partial charge in [-0.3, -0.25) is 0 Å². The standard InChI is InChI=1S/C15H10F3NO3/c16-15(17,18)9-3-6-12-11(7-9)14(21)22-13(19-12)8-1-4-10(20)5-2-8/h1-7,13,19-20H/t13-/m1/s1. The van der Waals surface area contributed by atoms with Crippen LogP contribution < -0.4 is 5.32 Å². The van der Waals surface area contributed by atoms with Gasteiger partial charge in [0.25, 0.3) is 0 Å². The molecule has 0 amide bonds. The maximum absolute atomic E-state index is 12.7. The number of cyclic esters (lactones) is 1. The molecule has 1 heterocycles. The first-order valence-electron chi connectivity index (χ1n) is 6.32. The minimum absolute atomic E-state index is 0.0566. The molecule has 22 heavy (non-hydrogen) atoms. The molecule has 114 valence electrons. The van der Waals surface area contributed by atoms with E-state index in [4.69, 9.17) is 4.74 Å². The molecule has 0 saturated carbocycles. The number of aromatic hydroxyl groups is 1. The van der Waals surface area contributed by atoms with Gasteiger partial charge in [0.05, 0.1) is 16.8 Å². The zero-order valence-corrected chi connectivity index (χ0v) is 11.0. The molecule has 0 unspecified atom stereocenters. The maximum atomic E-state index is 12.7. The molecule has 2 N–H and O–H groups in total. The lowest BCUT2D eigenvalue weighted by Gasteiger charge is -2.27. The van der Waals surface area contributed by atoms with Crippen molar-refractivity contribution >= 4 is 11.7 Å². The second-order valence-corrected chi connectivity index (χ2v) is 4.78. The minimum Gasteiger partial charge on any atom is -0.508 e. The summed E-state index contributed by atoms with van der Waals surface area (Å²) in [5.74, 6) is -0.779. The van der Waals surface area contributed by atoms with Crippen molar-refractivity contribution in [3.63, 3.8) is 0 Å². The quantitative estimate of drug-likeness (QED) is 0.789. The number of carbonyl (C=O) groups excluding carboxylic acids is 1. The first-order chi connectivity index (χ1) is 10.3. The van der Waals surface area contributed by atoms with E-state index in [0.29, 0.717) is 5.56 Å². The van der Waals surface area contributed by atoms with Crippen LogP contribution in [0, 0.1) is 0 Å². The number of halogens is 3. The van der Waals surface area contributed by atoms with Crippen LogP contribution in [0.4, 0.5) is 18.9 Å². The summed E-state index contributed by atoms with van der Waals surface area (Å²) < 4.78 is 43.1. The number of hydrogen-bond acceptors (Lipinski definition) is 4. The third kappa shape index (κ3) is 2.57. The number of carbonyl (C=O) groups is 1. The number of fused-ring (bicyclic) bond motifs is 1. The van der Waals surface area contributed by atoms with Gasteiger partial charge in [0.15, 0.2) is 6.23 Å². The van der Waals surface area contributed by atoms with Crippen molar-refractivity contribution < 1.29 is 27.8 Å². The van der Waals surface area contributed by atoms with E-state index in [2.05, 4.69) is 5.32 Å². The van der Waals surface area contributed by atoms with Crippen LogP contribution in [0.3, 0.4) is 0 Å². The van der Waals surface area contributed by atoms with Gasteiger partial charge < -0.3 is 15.2 Å². The molecule has 4 nitrogen and oxygen atoms in total. The third-order valence-corrected chi connectivity index (χ3v) is 3.27. The topological polar surface area (TPSA) is 58.6 Å². The van der Waals surface area contributed by atoms with Gasteiger partial charge in [-0.25, -0.2) is 4.79 Å². The Morgan fingerprint density at radius 1 is 1.09 bits per heavy atom. The highest BCUT2D eigenvalue weighted by Crippen LogP contribution is 2.36. The molecule has 0 fully saturated rings. The summed E-state index contributed by atoms with van der Waals surface area (Å²) in [4.78, 5) is 11.9. The molecule has 1 aliphatic heterocycles. The van der Waals surface area contributed by atoms with E-state index in [-0.39, 0.29) is 17.0 Å². The fourth-order valence-electron chi connectivity index (χ4n) is 2.16. The number of esters is 1. The molecule has 0 bridgehead atoms. The molecule has 0 aliphatic carbocycles. The van der Waals surface area contributed by atoms with Crippen molar-refractivity contribution in [2.45, 2.75) is 12.4 Å². The molecule has 0 saturated heterocycles. The number of anilines is 1. The SMILES string of the molecule is O=C1O[C@H](c2ccc(O)cc2)Nc2ccc(C(F)(F)F)cc21. The summed E-state index contributed by atoms with van der Waals surface area (Å²) in [6.07, 6.45) is -5.35. The van der Waals surface area contributed by atoms with E-state index >= 15 is 0 Å². The molecule has 2 aromatic carbocycles. The second kappa shape index (κ2) is 4.94. The highest BCUT2D eigenvalue weighted by atomic mass is 19.4. The molecular formula is C15H10F3NO3. The Bertz CT molecular complexity index is 726. The molecule has 3 rings (SSSR count). The van der Waals surface area contributed by atoms with Gasteiger partial charge in [0, 0.05) is 5.56 Å². The molecule has 0 spiro atoms. The van der Waals surface area contributed by atoms with Crippen molar-refractivity contribution in [1.29, 1.82) is 0 Å². The van der Waals surface area contributed by atoms with Crippen LogP contribution in [0.5, 0.6) is 5.75 Å². The zero-order chi connectivity index (χ0) is 15.9.